The van der Waals surface area contributed by atoms with Crippen LogP contribution in [0.3, 0.4) is 0 Å². The van der Waals surface area contributed by atoms with Gasteiger partial charge in [-0.15, -0.1) is 0 Å². The number of halogens is 2. The minimum absolute atomic E-state index is 0.00112. The molecular formula is C15H19ClFNO2. The van der Waals surface area contributed by atoms with Crippen LogP contribution in [0.25, 0.3) is 0 Å². The van der Waals surface area contributed by atoms with Gasteiger partial charge in [0.15, 0.2) is 0 Å². The van der Waals surface area contributed by atoms with Gasteiger partial charge < -0.3 is 10.0 Å². The van der Waals surface area contributed by atoms with Crippen LogP contribution in [-0.4, -0.2) is 35.1 Å². The van der Waals surface area contributed by atoms with Gasteiger partial charge in [0, 0.05) is 29.8 Å². The molecule has 0 aliphatic carbocycles. The van der Waals surface area contributed by atoms with E-state index in [1.165, 1.54) is 12.1 Å². The molecule has 1 aliphatic rings. The molecule has 1 aromatic rings. The fourth-order valence-corrected chi connectivity index (χ4v) is 2.97. The van der Waals surface area contributed by atoms with E-state index in [1.54, 1.807) is 11.0 Å². The van der Waals surface area contributed by atoms with Gasteiger partial charge in [-0.3, -0.25) is 4.79 Å². The molecule has 3 nitrogen and oxygen atoms in total. The Bertz CT molecular complexity index is 461. The van der Waals surface area contributed by atoms with Crippen molar-refractivity contribution < 1.29 is 14.3 Å². The fraction of sp³-hybridized carbons (Fsp3) is 0.533. The summed E-state index contributed by atoms with van der Waals surface area (Å²) >= 11 is 5.96. The van der Waals surface area contributed by atoms with Crippen LogP contribution in [-0.2, 0) is 11.2 Å². The lowest BCUT2D eigenvalue weighted by atomic mass is 10.1. The molecule has 1 fully saturated rings. The lowest BCUT2D eigenvalue weighted by molar-refractivity contribution is -0.131. The molecule has 20 heavy (non-hydrogen) atoms. The number of rotatable bonds is 5. The Hall–Kier alpha value is -1.13. The van der Waals surface area contributed by atoms with Crippen LogP contribution in [0.4, 0.5) is 4.39 Å². The van der Waals surface area contributed by atoms with Crippen molar-refractivity contribution in [2.24, 2.45) is 0 Å². The molecule has 1 aliphatic heterocycles. The standard InChI is InChI=1S/C15H19ClFNO2/c16-13-6-1-7-14(17)12(13)10-15(20)18-8-2-4-11(18)5-3-9-19/h1,6-7,11,19H,2-5,8-10H2. The monoisotopic (exact) mass is 299 g/mol. The van der Waals surface area contributed by atoms with Gasteiger partial charge in [-0.25, -0.2) is 4.39 Å². The van der Waals surface area contributed by atoms with E-state index in [1.807, 2.05) is 0 Å². The van der Waals surface area contributed by atoms with E-state index in [2.05, 4.69) is 0 Å². The number of aliphatic hydroxyl groups excluding tert-OH is 1. The van der Waals surface area contributed by atoms with E-state index in [0.29, 0.717) is 18.0 Å². The third-order valence-electron chi connectivity index (χ3n) is 3.78. The maximum Gasteiger partial charge on any atom is 0.227 e. The normalized spacial score (nSPS) is 18.6. The maximum atomic E-state index is 13.7. The first-order chi connectivity index (χ1) is 9.63. The second-order valence-electron chi connectivity index (χ2n) is 5.13. The zero-order valence-corrected chi connectivity index (χ0v) is 12.1. The molecule has 110 valence electrons. The molecule has 1 atom stereocenters. The van der Waals surface area contributed by atoms with Gasteiger partial charge in [-0.05, 0) is 37.8 Å². The van der Waals surface area contributed by atoms with Crippen molar-refractivity contribution in [1.29, 1.82) is 0 Å². The number of amides is 1. The first kappa shape index (κ1) is 15.3. The summed E-state index contributed by atoms with van der Waals surface area (Å²) in [5, 5.41) is 9.18. The Morgan fingerprint density at radius 3 is 3.00 bits per heavy atom. The first-order valence-corrected chi connectivity index (χ1v) is 7.34. The lowest BCUT2D eigenvalue weighted by Gasteiger charge is -2.25. The van der Waals surface area contributed by atoms with Crippen molar-refractivity contribution in [3.05, 3.63) is 34.6 Å². The van der Waals surface area contributed by atoms with Gasteiger partial charge in [-0.2, -0.15) is 0 Å². The third-order valence-corrected chi connectivity index (χ3v) is 4.14. The highest BCUT2D eigenvalue weighted by Gasteiger charge is 2.28. The van der Waals surface area contributed by atoms with Crippen LogP contribution in [0.2, 0.25) is 5.02 Å². The van der Waals surface area contributed by atoms with E-state index in [-0.39, 0.29) is 30.5 Å². The second-order valence-corrected chi connectivity index (χ2v) is 5.53. The minimum Gasteiger partial charge on any atom is -0.396 e. The van der Waals surface area contributed by atoms with E-state index < -0.39 is 5.82 Å². The Morgan fingerprint density at radius 2 is 2.30 bits per heavy atom. The molecule has 0 saturated carbocycles. The van der Waals surface area contributed by atoms with E-state index >= 15 is 0 Å². The topological polar surface area (TPSA) is 40.5 Å². The van der Waals surface area contributed by atoms with Crippen molar-refractivity contribution in [3.8, 4) is 0 Å². The van der Waals surface area contributed by atoms with Gasteiger partial charge in [-0.1, -0.05) is 17.7 Å². The largest absolute Gasteiger partial charge is 0.396 e. The van der Waals surface area contributed by atoms with Crippen molar-refractivity contribution in [2.45, 2.75) is 38.1 Å². The third kappa shape index (κ3) is 3.49. The van der Waals surface area contributed by atoms with E-state index in [0.717, 1.165) is 19.3 Å². The molecule has 0 radical (unpaired) electrons. The molecule has 0 bridgehead atoms. The number of likely N-dealkylation sites (tertiary alicyclic amines) is 1. The van der Waals surface area contributed by atoms with Crippen molar-refractivity contribution in [1.82, 2.24) is 4.90 Å². The molecular weight excluding hydrogens is 281 g/mol. The van der Waals surface area contributed by atoms with Gasteiger partial charge in [0.1, 0.15) is 5.82 Å². The van der Waals surface area contributed by atoms with Crippen LogP contribution >= 0.6 is 11.6 Å². The lowest BCUT2D eigenvalue weighted by Crippen LogP contribution is -2.36. The van der Waals surface area contributed by atoms with Gasteiger partial charge in [0.05, 0.1) is 6.42 Å². The Labute approximate surface area is 123 Å². The zero-order valence-electron chi connectivity index (χ0n) is 11.3. The Kier molecular flexibility index (Phi) is 5.38. The van der Waals surface area contributed by atoms with Crippen LogP contribution in [0.1, 0.15) is 31.2 Å². The van der Waals surface area contributed by atoms with Crippen molar-refractivity contribution in [2.75, 3.05) is 13.2 Å². The SMILES string of the molecule is O=C(Cc1c(F)cccc1Cl)N1CCCC1CCCO. The quantitative estimate of drug-likeness (QED) is 0.908. The number of aliphatic hydroxyl groups is 1. The van der Waals surface area contributed by atoms with Gasteiger partial charge in [0.2, 0.25) is 5.91 Å². The zero-order chi connectivity index (χ0) is 14.5. The molecule has 5 heteroatoms. The van der Waals surface area contributed by atoms with Crippen LogP contribution < -0.4 is 0 Å². The highest BCUT2D eigenvalue weighted by Crippen LogP contribution is 2.25. The molecule has 1 heterocycles. The highest BCUT2D eigenvalue weighted by atomic mass is 35.5. The summed E-state index contributed by atoms with van der Waals surface area (Å²) in [6.07, 6.45) is 3.41. The number of hydrogen-bond acceptors (Lipinski definition) is 2. The van der Waals surface area contributed by atoms with Crippen molar-refractivity contribution in [3.63, 3.8) is 0 Å². The van der Waals surface area contributed by atoms with E-state index in [4.69, 9.17) is 16.7 Å². The fourth-order valence-electron chi connectivity index (χ4n) is 2.75. The molecule has 1 saturated heterocycles. The predicted molar refractivity (Wildman–Crippen MR) is 76.2 cm³/mol. The predicted octanol–water partition coefficient (Wildman–Crippen LogP) is 2.79. The number of carbonyl (C=O) groups is 1. The number of benzene rings is 1. The molecule has 1 aromatic carbocycles. The molecule has 0 spiro atoms. The van der Waals surface area contributed by atoms with Crippen molar-refractivity contribution >= 4 is 17.5 Å². The molecule has 0 aromatic heterocycles. The average Bonchev–Trinajstić information content (AvgIpc) is 2.89. The Balaban J connectivity index is 2.04. The molecule has 2 rings (SSSR count). The van der Waals surface area contributed by atoms with Gasteiger partial charge >= 0.3 is 0 Å². The summed E-state index contributed by atoms with van der Waals surface area (Å²) in [6.45, 7) is 0.846. The molecule has 1 N–H and O–H groups in total. The van der Waals surface area contributed by atoms with Crippen LogP contribution in [0.15, 0.2) is 18.2 Å². The smallest absolute Gasteiger partial charge is 0.227 e. The summed E-state index contributed by atoms with van der Waals surface area (Å²) in [4.78, 5) is 14.1. The number of nitrogens with zero attached hydrogens (tertiary/aromatic N) is 1. The molecule has 1 amide bonds. The number of hydrogen-bond donors (Lipinski definition) is 1. The van der Waals surface area contributed by atoms with Gasteiger partial charge in [0.25, 0.3) is 0 Å². The van der Waals surface area contributed by atoms with Crippen LogP contribution in [0, 0.1) is 5.82 Å². The highest BCUT2D eigenvalue weighted by molar-refractivity contribution is 6.31. The molecule has 1 unspecified atom stereocenters. The second kappa shape index (κ2) is 7.04. The van der Waals surface area contributed by atoms with E-state index in [9.17, 15) is 9.18 Å². The Morgan fingerprint density at radius 1 is 1.50 bits per heavy atom. The summed E-state index contributed by atoms with van der Waals surface area (Å²) in [6, 6.07) is 4.62. The summed E-state index contributed by atoms with van der Waals surface area (Å²) < 4.78 is 13.7. The average molecular weight is 300 g/mol. The minimum atomic E-state index is -0.433. The summed E-state index contributed by atoms with van der Waals surface area (Å²) in [5.74, 6) is -0.519. The summed E-state index contributed by atoms with van der Waals surface area (Å²) in [5.41, 5.74) is 0.270. The maximum absolute atomic E-state index is 13.7. The van der Waals surface area contributed by atoms with Crippen LogP contribution in [0.5, 0.6) is 0 Å². The number of carbonyl (C=O) groups excluding carboxylic acids is 1. The summed E-state index contributed by atoms with van der Waals surface area (Å²) in [7, 11) is 0. The first-order valence-electron chi connectivity index (χ1n) is 6.96.